The third kappa shape index (κ3) is 2.99. The molecule has 0 aromatic heterocycles. The molecule has 16 heavy (non-hydrogen) atoms. The van der Waals surface area contributed by atoms with E-state index < -0.39 is 0 Å². The Labute approximate surface area is 97.4 Å². The van der Waals surface area contributed by atoms with Gasteiger partial charge in [-0.2, -0.15) is 0 Å². The van der Waals surface area contributed by atoms with Crippen LogP contribution in [0.1, 0.15) is 25.0 Å². The monoisotopic (exact) mass is 220 g/mol. The summed E-state index contributed by atoms with van der Waals surface area (Å²) in [5, 5.41) is 9.62. The third-order valence-corrected chi connectivity index (χ3v) is 2.67. The summed E-state index contributed by atoms with van der Waals surface area (Å²) in [4.78, 5) is 6.46. The van der Waals surface area contributed by atoms with Gasteiger partial charge in [-0.3, -0.25) is 0 Å². The van der Waals surface area contributed by atoms with Crippen molar-refractivity contribution in [1.29, 1.82) is 0 Å². The Morgan fingerprint density at radius 1 is 1.38 bits per heavy atom. The molecule has 0 saturated carbocycles. The normalized spacial score (nSPS) is 11.0. The first-order chi connectivity index (χ1) is 7.58. The van der Waals surface area contributed by atoms with E-state index in [9.17, 15) is 5.11 Å². The van der Waals surface area contributed by atoms with Crippen LogP contribution in [-0.4, -0.2) is 29.9 Å². The molecular formula is C13H20N2O. The van der Waals surface area contributed by atoms with E-state index in [4.69, 9.17) is 0 Å². The number of phenols is 1. The van der Waals surface area contributed by atoms with Crippen molar-refractivity contribution in [2.75, 3.05) is 13.6 Å². The molecule has 1 N–H and O–H groups in total. The van der Waals surface area contributed by atoms with Crippen LogP contribution in [0.5, 0.6) is 5.75 Å². The Balaban J connectivity index is 3.03. The molecule has 0 radical (unpaired) electrons. The van der Waals surface area contributed by atoms with Crippen molar-refractivity contribution in [3.8, 4) is 5.75 Å². The predicted octanol–water partition coefficient (Wildman–Crippen LogP) is 2.87. The van der Waals surface area contributed by atoms with E-state index >= 15 is 0 Å². The van der Waals surface area contributed by atoms with Crippen molar-refractivity contribution in [1.82, 2.24) is 4.90 Å². The van der Waals surface area contributed by atoms with Crippen LogP contribution in [0.2, 0.25) is 0 Å². The van der Waals surface area contributed by atoms with Gasteiger partial charge in [-0.1, -0.05) is 6.92 Å². The van der Waals surface area contributed by atoms with E-state index in [-0.39, 0.29) is 0 Å². The second kappa shape index (κ2) is 5.54. The van der Waals surface area contributed by atoms with Gasteiger partial charge < -0.3 is 10.0 Å². The summed E-state index contributed by atoms with van der Waals surface area (Å²) in [6.45, 7) is 6.96. The fourth-order valence-corrected chi connectivity index (χ4v) is 1.37. The maximum atomic E-state index is 9.62. The average Bonchev–Trinajstić information content (AvgIpc) is 2.29. The van der Waals surface area contributed by atoms with Crippen LogP contribution in [-0.2, 0) is 6.42 Å². The molecule has 1 rings (SSSR count). The number of benzene rings is 1. The van der Waals surface area contributed by atoms with Crippen molar-refractivity contribution < 1.29 is 5.11 Å². The Morgan fingerprint density at radius 3 is 2.62 bits per heavy atom. The van der Waals surface area contributed by atoms with Gasteiger partial charge in [0.15, 0.2) is 0 Å². The lowest BCUT2D eigenvalue weighted by atomic mass is 10.1. The summed E-state index contributed by atoms with van der Waals surface area (Å²) >= 11 is 0. The molecule has 3 heteroatoms. The molecule has 0 atom stereocenters. The molecule has 0 spiro atoms. The van der Waals surface area contributed by atoms with Gasteiger partial charge in [0.2, 0.25) is 0 Å². The Morgan fingerprint density at radius 2 is 2.06 bits per heavy atom. The maximum Gasteiger partial charge on any atom is 0.118 e. The first-order valence-corrected chi connectivity index (χ1v) is 5.65. The minimum Gasteiger partial charge on any atom is -0.508 e. The maximum absolute atomic E-state index is 9.62. The van der Waals surface area contributed by atoms with Gasteiger partial charge in [0.1, 0.15) is 5.75 Å². The summed E-state index contributed by atoms with van der Waals surface area (Å²) in [5.74, 6) is 0.347. The number of aromatic hydroxyl groups is 1. The molecule has 88 valence electrons. The van der Waals surface area contributed by atoms with Crippen LogP contribution in [0.3, 0.4) is 0 Å². The Kier molecular flexibility index (Phi) is 4.35. The van der Waals surface area contributed by atoms with Gasteiger partial charge in [-0.05, 0) is 43.5 Å². The van der Waals surface area contributed by atoms with Crippen LogP contribution < -0.4 is 0 Å². The Hall–Kier alpha value is -1.51. The minimum absolute atomic E-state index is 0.347. The molecule has 0 aliphatic carbocycles. The molecule has 0 heterocycles. The quantitative estimate of drug-likeness (QED) is 0.625. The van der Waals surface area contributed by atoms with Gasteiger partial charge in [0.05, 0.1) is 12.0 Å². The van der Waals surface area contributed by atoms with Crippen LogP contribution in [0.25, 0.3) is 0 Å². The molecule has 1 aromatic rings. The van der Waals surface area contributed by atoms with Crippen molar-refractivity contribution in [3.63, 3.8) is 0 Å². The number of rotatable bonds is 4. The predicted molar refractivity (Wildman–Crippen MR) is 68.7 cm³/mol. The molecule has 0 amide bonds. The van der Waals surface area contributed by atoms with Crippen molar-refractivity contribution in [2.24, 2.45) is 4.99 Å². The van der Waals surface area contributed by atoms with Crippen LogP contribution >= 0.6 is 0 Å². The first kappa shape index (κ1) is 12.6. The fourth-order valence-electron chi connectivity index (χ4n) is 1.37. The zero-order valence-corrected chi connectivity index (χ0v) is 10.5. The standard InChI is InChI=1S/C13H20N2O/c1-5-11-8-13(16)10(3)7-12(11)14-9-15(4)6-2/h7-9,16H,5-6H2,1-4H3. The minimum atomic E-state index is 0.347. The van der Waals surface area contributed by atoms with E-state index in [1.165, 1.54) is 0 Å². The van der Waals surface area contributed by atoms with Gasteiger partial charge in [0.25, 0.3) is 0 Å². The largest absolute Gasteiger partial charge is 0.508 e. The summed E-state index contributed by atoms with van der Waals surface area (Å²) < 4.78 is 0. The highest BCUT2D eigenvalue weighted by atomic mass is 16.3. The van der Waals surface area contributed by atoms with Gasteiger partial charge in [-0.25, -0.2) is 4.99 Å². The number of aryl methyl sites for hydroxylation is 2. The molecule has 0 saturated heterocycles. The van der Waals surface area contributed by atoms with Crippen molar-refractivity contribution >= 4 is 12.0 Å². The van der Waals surface area contributed by atoms with E-state index in [0.717, 1.165) is 29.8 Å². The lowest BCUT2D eigenvalue weighted by Crippen LogP contribution is -2.14. The van der Waals surface area contributed by atoms with Crippen molar-refractivity contribution in [2.45, 2.75) is 27.2 Å². The van der Waals surface area contributed by atoms with Gasteiger partial charge in [0, 0.05) is 13.6 Å². The van der Waals surface area contributed by atoms with Crippen LogP contribution in [0.4, 0.5) is 5.69 Å². The van der Waals surface area contributed by atoms with Gasteiger partial charge in [-0.15, -0.1) is 0 Å². The van der Waals surface area contributed by atoms with Crippen LogP contribution in [0.15, 0.2) is 17.1 Å². The zero-order chi connectivity index (χ0) is 12.1. The zero-order valence-electron chi connectivity index (χ0n) is 10.5. The molecular weight excluding hydrogens is 200 g/mol. The van der Waals surface area contributed by atoms with Crippen LogP contribution in [0, 0.1) is 6.92 Å². The highest BCUT2D eigenvalue weighted by molar-refractivity contribution is 5.64. The molecule has 0 aliphatic heterocycles. The number of aliphatic imine (C=N–C) groups is 1. The molecule has 3 nitrogen and oxygen atoms in total. The average molecular weight is 220 g/mol. The van der Waals surface area contributed by atoms with Gasteiger partial charge >= 0.3 is 0 Å². The summed E-state index contributed by atoms with van der Waals surface area (Å²) in [7, 11) is 1.99. The second-order valence-electron chi connectivity index (χ2n) is 3.94. The lowest BCUT2D eigenvalue weighted by molar-refractivity contribution is 0.470. The molecule has 0 aliphatic rings. The molecule has 0 unspecified atom stereocenters. The number of phenolic OH excluding ortho intramolecular Hbond substituents is 1. The smallest absolute Gasteiger partial charge is 0.118 e. The third-order valence-electron chi connectivity index (χ3n) is 2.67. The fraction of sp³-hybridized carbons (Fsp3) is 0.462. The number of hydrogen-bond donors (Lipinski definition) is 1. The number of hydrogen-bond acceptors (Lipinski definition) is 2. The topological polar surface area (TPSA) is 35.8 Å². The Bertz CT molecular complexity index is 386. The molecule has 0 fully saturated rings. The van der Waals surface area contributed by atoms with Crippen molar-refractivity contribution in [3.05, 3.63) is 23.3 Å². The molecule has 0 bridgehead atoms. The van der Waals surface area contributed by atoms with E-state index in [1.54, 1.807) is 6.07 Å². The first-order valence-electron chi connectivity index (χ1n) is 5.65. The number of nitrogens with zero attached hydrogens (tertiary/aromatic N) is 2. The van der Waals surface area contributed by atoms with E-state index in [2.05, 4.69) is 18.8 Å². The summed E-state index contributed by atoms with van der Waals surface area (Å²) in [6.07, 6.45) is 2.70. The lowest BCUT2D eigenvalue weighted by Gasteiger charge is -2.10. The summed E-state index contributed by atoms with van der Waals surface area (Å²) in [6, 6.07) is 3.72. The highest BCUT2D eigenvalue weighted by Crippen LogP contribution is 2.27. The molecule has 1 aromatic carbocycles. The summed E-state index contributed by atoms with van der Waals surface area (Å²) in [5.41, 5.74) is 2.88. The second-order valence-corrected chi connectivity index (χ2v) is 3.94. The highest BCUT2D eigenvalue weighted by Gasteiger charge is 2.04. The van der Waals surface area contributed by atoms with E-state index in [1.807, 2.05) is 31.3 Å². The van der Waals surface area contributed by atoms with E-state index in [0.29, 0.717) is 5.75 Å². The SMILES string of the molecule is CCc1cc(O)c(C)cc1N=CN(C)CC.